The van der Waals surface area contributed by atoms with E-state index in [1.54, 1.807) is 0 Å². The summed E-state index contributed by atoms with van der Waals surface area (Å²) in [6, 6.07) is 0. The summed E-state index contributed by atoms with van der Waals surface area (Å²) in [5, 5.41) is 8.23. The molecule has 0 fully saturated rings. The minimum Gasteiger partial charge on any atom is -0.379 e. The summed E-state index contributed by atoms with van der Waals surface area (Å²) in [6.45, 7) is 3.30. The zero-order valence-corrected chi connectivity index (χ0v) is 4.84. The van der Waals surface area contributed by atoms with Gasteiger partial charge in [0.25, 0.3) is 0 Å². The number of hydrogen-bond donors (Lipinski definition) is 1. The highest BCUT2D eigenvalue weighted by atomic mass is 127. The van der Waals surface area contributed by atoms with E-state index in [1.165, 1.54) is 6.08 Å². The first kappa shape index (κ1) is 5.43. The Morgan fingerprint density at radius 2 is 2.20 bits per heavy atom. The average molecular weight is 184 g/mol. The molecule has 0 spiro atoms. The van der Waals surface area contributed by atoms with Crippen LogP contribution in [0.15, 0.2) is 12.7 Å². The normalized spacial score (nSPS) is 14.0. The zero-order valence-electron chi connectivity index (χ0n) is 2.69. The second-order valence-corrected chi connectivity index (χ2v) is 1.88. The summed E-state index contributed by atoms with van der Waals surface area (Å²) >= 11 is 1.84. The molecule has 0 aromatic heterocycles. The molecule has 0 radical (unpaired) electrons. The summed E-state index contributed by atoms with van der Waals surface area (Å²) in [7, 11) is 0. The van der Waals surface area contributed by atoms with E-state index in [-0.39, 0.29) is 4.11 Å². The van der Waals surface area contributed by atoms with Gasteiger partial charge in [0.2, 0.25) is 0 Å². The Balaban J connectivity index is 2.83. The van der Waals surface area contributed by atoms with Crippen molar-refractivity contribution in [1.82, 2.24) is 0 Å². The van der Waals surface area contributed by atoms with Crippen LogP contribution in [0.25, 0.3) is 0 Å². The molecule has 5 heavy (non-hydrogen) atoms. The first-order valence-electron chi connectivity index (χ1n) is 1.22. The Morgan fingerprint density at radius 3 is 2.20 bits per heavy atom. The van der Waals surface area contributed by atoms with Crippen molar-refractivity contribution in [2.45, 2.75) is 4.11 Å². The van der Waals surface area contributed by atoms with Gasteiger partial charge in [0.15, 0.2) is 0 Å². The van der Waals surface area contributed by atoms with Crippen LogP contribution in [-0.2, 0) is 0 Å². The molecule has 1 nitrogen and oxygen atoms in total. The Morgan fingerprint density at radius 1 is 2.00 bits per heavy atom. The van der Waals surface area contributed by atoms with Gasteiger partial charge in [-0.1, -0.05) is 12.7 Å². The van der Waals surface area contributed by atoms with Crippen LogP contribution < -0.4 is 0 Å². The Bertz CT molecular complexity index is 33.9. The van der Waals surface area contributed by atoms with Crippen LogP contribution in [0.1, 0.15) is 0 Å². The molecule has 0 heterocycles. The van der Waals surface area contributed by atoms with Gasteiger partial charge < -0.3 is 5.11 Å². The predicted molar refractivity (Wildman–Crippen MR) is 30.2 cm³/mol. The highest BCUT2D eigenvalue weighted by Crippen LogP contribution is 1.91. The van der Waals surface area contributed by atoms with Crippen molar-refractivity contribution in [3.63, 3.8) is 0 Å². The molecule has 0 bridgehead atoms. The van der Waals surface area contributed by atoms with E-state index in [1.807, 2.05) is 22.6 Å². The van der Waals surface area contributed by atoms with Crippen molar-refractivity contribution in [2.75, 3.05) is 0 Å². The van der Waals surface area contributed by atoms with Gasteiger partial charge in [0.05, 0.1) is 0 Å². The number of rotatable bonds is 1. The lowest BCUT2D eigenvalue weighted by molar-refractivity contribution is 0.325. The van der Waals surface area contributed by atoms with E-state index >= 15 is 0 Å². The first-order chi connectivity index (χ1) is 2.27. The standard InChI is InChI=1S/C3H5IO/c1-2-3(4)5/h2-3,5H,1H2. The van der Waals surface area contributed by atoms with Crippen molar-refractivity contribution in [3.8, 4) is 0 Å². The molecular formula is C3H5IO. The monoisotopic (exact) mass is 184 g/mol. The number of aliphatic hydroxyl groups excluding tert-OH is 1. The van der Waals surface area contributed by atoms with Gasteiger partial charge in [-0.3, -0.25) is 0 Å². The maximum absolute atomic E-state index is 8.23. The third-order valence-electron chi connectivity index (χ3n) is 0.194. The van der Waals surface area contributed by atoms with Crippen molar-refractivity contribution >= 4 is 22.6 Å². The Labute approximate surface area is 44.8 Å². The molecule has 1 atom stereocenters. The third kappa shape index (κ3) is 4.43. The molecule has 0 aliphatic rings. The van der Waals surface area contributed by atoms with Crippen LogP contribution in [0, 0.1) is 0 Å². The maximum atomic E-state index is 8.23. The van der Waals surface area contributed by atoms with Crippen molar-refractivity contribution in [3.05, 3.63) is 12.7 Å². The third-order valence-corrected chi connectivity index (χ3v) is 0.703. The van der Waals surface area contributed by atoms with Crippen molar-refractivity contribution in [2.24, 2.45) is 0 Å². The topological polar surface area (TPSA) is 20.2 Å². The predicted octanol–water partition coefficient (Wildman–Crippen LogP) is 0.926. The molecular weight excluding hydrogens is 179 g/mol. The lowest BCUT2D eigenvalue weighted by atomic mass is 10.7. The van der Waals surface area contributed by atoms with E-state index in [9.17, 15) is 0 Å². The minimum absolute atomic E-state index is 0.382. The SMILES string of the molecule is C=CC(O)I. The second kappa shape index (κ2) is 2.66. The molecule has 0 rings (SSSR count). The molecule has 0 saturated heterocycles. The highest BCUT2D eigenvalue weighted by Gasteiger charge is 1.78. The van der Waals surface area contributed by atoms with E-state index in [0.717, 1.165) is 0 Å². The Hall–Kier alpha value is 0.430. The van der Waals surface area contributed by atoms with E-state index in [0.29, 0.717) is 0 Å². The zero-order chi connectivity index (χ0) is 4.28. The van der Waals surface area contributed by atoms with E-state index < -0.39 is 0 Å². The molecule has 0 saturated carbocycles. The molecule has 0 aliphatic heterocycles. The number of aliphatic hydroxyl groups is 1. The van der Waals surface area contributed by atoms with Crippen LogP contribution in [0.4, 0.5) is 0 Å². The van der Waals surface area contributed by atoms with Gasteiger partial charge in [-0.05, 0) is 22.6 Å². The van der Waals surface area contributed by atoms with Gasteiger partial charge >= 0.3 is 0 Å². The van der Waals surface area contributed by atoms with Gasteiger partial charge in [0.1, 0.15) is 4.11 Å². The summed E-state index contributed by atoms with van der Waals surface area (Å²) in [6.07, 6.45) is 1.46. The largest absolute Gasteiger partial charge is 0.379 e. The molecule has 30 valence electrons. The molecule has 0 aliphatic carbocycles. The number of alkyl halides is 1. The fourth-order valence-corrected chi connectivity index (χ4v) is 0. The summed E-state index contributed by atoms with van der Waals surface area (Å²) < 4.78 is -0.382. The van der Waals surface area contributed by atoms with Crippen LogP contribution in [-0.4, -0.2) is 9.22 Å². The number of hydrogen-bond acceptors (Lipinski definition) is 1. The van der Waals surface area contributed by atoms with Gasteiger partial charge in [-0.25, -0.2) is 0 Å². The first-order valence-corrected chi connectivity index (χ1v) is 2.46. The fraction of sp³-hybridized carbons (Fsp3) is 0.333. The summed E-state index contributed by atoms with van der Waals surface area (Å²) in [5.41, 5.74) is 0. The molecule has 0 aromatic carbocycles. The summed E-state index contributed by atoms with van der Waals surface area (Å²) in [4.78, 5) is 0. The maximum Gasteiger partial charge on any atom is 0.123 e. The van der Waals surface area contributed by atoms with Gasteiger partial charge in [-0.15, -0.1) is 0 Å². The fourth-order valence-electron chi connectivity index (χ4n) is 0. The van der Waals surface area contributed by atoms with Crippen LogP contribution in [0.5, 0.6) is 0 Å². The Kier molecular flexibility index (Phi) is 2.88. The van der Waals surface area contributed by atoms with Crippen LogP contribution >= 0.6 is 22.6 Å². The lowest BCUT2D eigenvalue weighted by Crippen LogP contribution is -1.81. The second-order valence-electron chi connectivity index (χ2n) is 0.608. The number of halogens is 1. The van der Waals surface area contributed by atoms with Gasteiger partial charge in [-0.2, -0.15) is 0 Å². The smallest absolute Gasteiger partial charge is 0.123 e. The molecule has 0 amide bonds. The molecule has 0 aromatic rings. The minimum atomic E-state index is -0.382. The molecule has 1 N–H and O–H groups in total. The average Bonchev–Trinajstić information content (AvgIpc) is 1.38. The highest BCUT2D eigenvalue weighted by molar-refractivity contribution is 14.1. The van der Waals surface area contributed by atoms with Gasteiger partial charge in [0, 0.05) is 0 Å². The van der Waals surface area contributed by atoms with Crippen LogP contribution in [0.2, 0.25) is 0 Å². The molecule has 1 unspecified atom stereocenters. The summed E-state index contributed by atoms with van der Waals surface area (Å²) in [5.74, 6) is 0. The van der Waals surface area contributed by atoms with E-state index in [4.69, 9.17) is 5.11 Å². The van der Waals surface area contributed by atoms with Crippen molar-refractivity contribution < 1.29 is 5.11 Å². The molecule has 2 heteroatoms. The van der Waals surface area contributed by atoms with Crippen LogP contribution in [0.3, 0.4) is 0 Å². The quantitative estimate of drug-likeness (QED) is 0.365. The van der Waals surface area contributed by atoms with Crippen molar-refractivity contribution in [1.29, 1.82) is 0 Å². The van der Waals surface area contributed by atoms with E-state index in [2.05, 4.69) is 6.58 Å². The lowest BCUT2D eigenvalue weighted by Gasteiger charge is -1.82.